The Morgan fingerprint density at radius 2 is 2.33 bits per heavy atom. The van der Waals surface area contributed by atoms with Crippen LogP contribution in [0.3, 0.4) is 0 Å². The van der Waals surface area contributed by atoms with Crippen LogP contribution in [0.25, 0.3) is 0 Å². The van der Waals surface area contributed by atoms with Gasteiger partial charge in [0, 0.05) is 19.4 Å². The first kappa shape index (κ1) is 12.3. The topological polar surface area (TPSA) is 75.0 Å². The average molecular weight is 248 g/mol. The standard InChI is InChI=1S/C12H16N4O2/c1-4-9-11(8(2)18-15-9)12(17)16(3)7-10-13-5-6-14-10/h5-6H,4,7H2,1-3H3,(H,13,14). The van der Waals surface area contributed by atoms with E-state index in [9.17, 15) is 4.79 Å². The third-order valence-corrected chi connectivity index (χ3v) is 2.77. The van der Waals surface area contributed by atoms with E-state index in [1.54, 1.807) is 31.3 Å². The van der Waals surface area contributed by atoms with Gasteiger partial charge < -0.3 is 14.4 Å². The molecule has 0 saturated heterocycles. The highest BCUT2D eigenvalue weighted by atomic mass is 16.5. The van der Waals surface area contributed by atoms with E-state index in [1.807, 2.05) is 6.92 Å². The zero-order valence-corrected chi connectivity index (χ0v) is 10.7. The molecule has 0 aliphatic carbocycles. The summed E-state index contributed by atoms with van der Waals surface area (Å²) in [6.45, 7) is 4.13. The molecule has 0 bridgehead atoms. The lowest BCUT2D eigenvalue weighted by atomic mass is 10.1. The number of rotatable bonds is 4. The molecule has 2 heterocycles. The quantitative estimate of drug-likeness (QED) is 0.890. The van der Waals surface area contributed by atoms with Crippen LogP contribution in [0.4, 0.5) is 0 Å². The number of H-pyrrole nitrogens is 1. The molecule has 0 aliphatic heterocycles. The lowest BCUT2D eigenvalue weighted by molar-refractivity contribution is 0.0779. The number of aryl methyl sites for hydroxylation is 2. The van der Waals surface area contributed by atoms with Crippen LogP contribution in [0.1, 0.15) is 34.6 Å². The number of hydrogen-bond acceptors (Lipinski definition) is 4. The predicted octanol–water partition coefficient (Wildman–Crippen LogP) is 1.54. The molecule has 0 aliphatic rings. The van der Waals surface area contributed by atoms with Gasteiger partial charge in [-0.1, -0.05) is 12.1 Å². The molecular weight excluding hydrogens is 232 g/mol. The number of aromatic nitrogens is 3. The number of carbonyl (C=O) groups excluding carboxylic acids is 1. The maximum atomic E-state index is 12.3. The summed E-state index contributed by atoms with van der Waals surface area (Å²) in [4.78, 5) is 21.0. The van der Waals surface area contributed by atoms with Crippen molar-refractivity contribution >= 4 is 5.91 Å². The molecule has 0 atom stereocenters. The molecule has 0 saturated carbocycles. The third kappa shape index (κ3) is 2.27. The summed E-state index contributed by atoms with van der Waals surface area (Å²) in [5.41, 5.74) is 1.26. The summed E-state index contributed by atoms with van der Waals surface area (Å²) in [6.07, 6.45) is 4.07. The van der Waals surface area contributed by atoms with Gasteiger partial charge in [-0.05, 0) is 13.3 Å². The zero-order valence-electron chi connectivity index (χ0n) is 10.7. The number of imidazole rings is 1. The van der Waals surface area contributed by atoms with Crippen LogP contribution < -0.4 is 0 Å². The summed E-state index contributed by atoms with van der Waals surface area (Å²) >= 11 is 0. The molecule has 18 heavy (non-hydrogen) atoms. The third-order valence-electron chi connectivity index (χ3n) is 2.77. The zero-order chi connectivity index (χ0) is 13.1. The molecule has 0 spiro atoms. The van der Waals surface area contributed by atoms with Crippen LogP contribution in [-0.4, -0.2) is 33.0 Å². The first-order valence-electron chi connectivity index (χ1n) is 5.82. The van der Waals surface area contributed by atoms with Crippen LogP contribution in [0, 0.1) is 6.92 Å². The van der Waals surface area contributed by atoms with Gasteiger partial charge in [0.25, 0.3) is 5.91 Å². The number of aromatic amines is 1. The van der Waals surface area contributed by atoms with Gasteiger partial charge in [0.1, 0.15) is 17.1 Å². The van der Waals surface area contributed by atoms with Crippen molar-refractivity contribution in [1.29, 1.82) is 0 Å². The van der Waals surface area contributed by atoms with E-state index in [2.05, 4.69) is 15.1 Å². The highest BCUT2D eigenvalue weighted by Crippen LogP contribution is 2.16. The Bertz CT molecular complexity index is 530. The number of amides is 1. The van der Waals surface area contributed by atoms with E-state index in [0.717, 1.165) is 5.82 Å². The maximum absolute atomic E-state index is 12.3. The van der Waals surface area contributed by atoms with Gasteiger partial charge in [-0.3, -0.25) is 4.79 Å². The summed E-state index contributed by atoms with van der Waals surface area (Å²) in [6, 6.07) is 0. The minimum atomic E-state index is -0.0954. The molecule has 1 amide bonds. The minimum Gasteiger partial charge on any atom is -0.361 e. The van der Waals surface area contributed by atoms with E-state index < -0.39 is 0 Å². The largest absolute Gasteiger partial charge is 0.361 e. The highest BCUT2D eigenvalue weighted by Gasteiger charge is 2.22. The van der Waals surface area contributed by atoms with Gasteiger partial charge in [-0.2, -0.15) is 0 Å². The van der Waals surface area contributed by atoms with Crippen molar-refractivity contribution in [3.8, 4) is 0 Å². The van der Waals surface area contributed by atoms with E-state index in [0.29, 0.717) is 30.0 Å². The maximum Gasteiger partial charge on any atom is 0.259 e. The van der Waals surface area contributed by atoms with E-state index in [-0.39, 0.29) is 5.91 Å². The van der Waals surface area contributed by atoms with Gasteiger partial charge in [0.2, 0.25) is 0 Å². The lowest BCUT2D eigenvalue weighted by Gasteiger charge is -2.15. The smallest absolute Gasteiger partial charge is 0.259 e. The molecule has 2 rings (SSSR count). The minimum absolute atomic E-state index is 0.0954. The van der Waals surface area contributed by atoms with Crippen molar-refractivity contribution in [2.45, 2.75) is 26.8 Å². The van der Waals surface area contributed by atoms with Crippen LogP contribution >= 0.6 is 0 Å². The van der Waals surface area contributed by atoms with Crippen molar-refractivity contribution in [3.63, 3.8) is 0 Å². The SMILES string of the molecule is CCc1noc(C)c1C(=O)N(C)Cc1ncc[nH]1. The number of nitrogens with one attached hydrogen (secondary N) is 1. The van der Waals surface area contributed by atoms with Crippen LogP contribution in [-0.2, 0) is 13.0 Å². The van der Waals surface area contributed by atoms with Crippen molar-refractivity contribution in [1.82, 2.24) is 20.0 Å². The van der Waals surface area contributed by atoms with Gasteiger partial charge in [-0.25, -0.2) is 4.98 Å². The Kier molecular flexibility index (Phi) is 3.45. The highest BCUT2D eigenvalue weighted by molar-refractivity contribution is 5.95. The Hall–Kier alpha value is -2.11. The van der Waals surface area contributed by atoms with Crippen LogP contribution in [0.2, 0.25) is 0 Å². The van der Waals surface area contributed by atoms with Crippen molar-refractivity contribution < 1.29 is 9.32 Å². The molecule has 0 radical (unpaired) electrons. The van der Waals surface area contributed by atoms with E-state index in [1.165, 1.54) is 0 Å². The Morgan fingerprint density at radius 1 is 1.56 bits per heavy atom. The molecule has 2 aromatic heterocycles. The summed E-state index contributed by atoms with van der Waals surface area (Å²) in [5, 5.41) is 3.89. The number of nitrogens with zero attached hydrogens (tertiary/aromatic N) is 3. The fourth-order valence-corrected chi connectivity index (χ4v) is 1.81. The van der Waals surface area contributed by atoms with Crippen molar-refractivity contribution in [2.75, 3.05) is 7.05 Å². The van der Waals surface area contributed by atoms with Gasteiger partial charge in [0.05, 0.1) is 12.2 Å². The second-order valence-corrected chi connectivity index (χ2v) is 4.11. The molecule has 96 valence electrons. The first-order valence-corrected chi connectivity index (χ1v) is 5.82. The average Bonchev–Trinajstić information content (AvgIpc) is 2.97. The van der Waals surface area contributed by atoms with Gasteiger partial charge in [-0.15, -0.1) is 0 Å². The molecule has 0 unspecified atom stereocenters. The van der Waals surface area contributed by atoms with Crippen LogP contribution in [0.5, 0.6) is 0 Å². The summed E-state index contributed by atoms with van der Waals surface area (Å²) in [7, 11) is 1.73. The van der Waals surface area contributed by atoms with Gasteiger partial charge in [0.15, 0.2) is 0 Å². The number of carbonyl (C=O) groups is 1. The second kappa shape index (κ2) is 5.03. The Morgan fingerprint density at radius 3 is 2.94 bits per heavy atom. The monoisotopic (exact) mass is 248 g/mol. The molecule has 2 aromatic rings. The van der Waals surface area contributed by atoms with Crippen LogP contribution in [0.15, 0.2) is 16.9 Å². The van der Waals surface area contributed by atoms with Crippen molar-refractivity contribution in [2.24, 2.45) is 0 Å². The first-order chi connectivity index (χ1) is 8.63. The number of hydrogen-bond donors (Lipinski definition) is 1. The molecule has 0 fully saturated rings. The molecular formula is C12H16N4O2. The Labute approximate surface area is 105 Å². The predicted molar refractivity (Wildman–Crippen MR) is 65.0 cm³/mol. The van der Waals surface area contributed by atoms with E-state index in [4.69, 9.17) is 4.52 Å². The molecule has 6 heteroatoms. The second-order valence-electron chi connectivity index (χ2n) is 4.11. The van der Waals surface area contributed by atoms with Crippen molar-refractivity contribution in [3.05, 3.63) is 35.2 Å². The summed E-state index contributed by atoms with van der Waals surface area (Å²) < 4.78 is 5.07. The lowest BCUT2D eigenvalue weighted by Crippen LogP contribution is -2.27. The van der Waals surface area contributed by atoms with Gasteiger partial charge >= 0.3 is 0 Å². The normalized spacial score (nSPS) is 10.6. The summed E-state index contributed by atoms with van der Waals surface area (Å²) in [5.74, 6) is 1.21. The molecule has 0 aromatic carbocycles. The fraction of sp³-hybridized carbons (Fsp3) is 0.417. The molecule has 6 nitrogen and oxygen atoms in total. The Balaban J connectivity index is 2.17. The molecule has 1 N–H and O–H groups in total. The fourth-order valence-electron chi connectivity index (χ4n) is 1.81. The van der Waals surface area contributed by atoms with E-state index >= 15 is 0 Å².